The molecule has 2 aromatic rings. The summed E-state index contributed by atoms with van der Waals surface area (Å²) in [5, 5.41) is 0. The molecular formula is C20H23BrF2N2O4. The number of carbonyl (C=O) groups excluding carboxylic acids is 2. The van der Waals surface area contributed by atoms with E-state index in [-0.39, 0.29) is 36.2 Å². The average molecular weight is 473 g/mol. The van der Waals surface area contributed by atoms with Crippen LogP contribution in [0.2, 0.25) is 0 Å². The number of anilines is 2. The van der Waals surface area contributed by atoms with Crippen molar-refractivity contribution < 1.29 is 27.8 Å². The van der Waals surface area contributed by atoms with Crippen LogP contribution >= 0.6 is 15.9 Å². The van der Waals surface area contributed by atoms with Crippen LogP contribution in [0.1, 0.15) is 25.0 Å². The second kappa shape index (κ2) is 12.0. The van der Waals surface area contributed by atoms with Gasteiger partial charge in [-0.15, -0.1) is 0 Å². The monoisotopic (exact) mass is 472 g/mol. The van der Waals surface area contributed by atoms with E-state index in [0.29, 0.717) is 28.8 Å². The van der Waals surface area contributed by atoms with E-state index in [1.54, 1.807) is 13.8 Å². The minimum absolute atomic E-state index is 0.0255. The number of nitrogen functional groups attached to an aromatic ring is 2. The number of hydrogen-bond donors (Lipinski definition) is 2. The fraction of sp³-hybridized carbons (Fsp3) is 0.300. The Bertz CT molecular complexity index is 863. The van der Waals surface area contributed by atoms with Crippen LogP contribution < -0.4 is 11.5 Å². The smallest absolute Gasteiger partial charge is 0.310 e. The van der Waals surface area contributed by atoms with Crippen LogP contribution in [0.15, 0.2) is 34.8 Å². The van der Waals surface area contributed by atoms with Gasteiger partial charge in [-0.1, -0.05) is 22.0 Å². The summed E-state index contributed by atoms with van der Waals surface area (Å²) in [5.41, 5.74) is 12.1. The first kappa shape index (κ1) is 24.4. The molecule has 0 amide bonds. The van der Waals surface area contributed by atoms with Crippen LogP contribution in [-0.2, 0) is 31.9 Å². The van der Waals surface area contributed by atoms with Crippen LogP contribution in [0.25, 0.3) is 0 Å². The summed E-state index contributed by atoms with van der Waals surface area (Å²) in [5.74, 6) is -1.67. The van der Waals surface area contributed by atoms with Crippen molar-refractivity contribution in [2.75, 3.05) is 24.7 Å². The Morgan fingerprint density at radius 1 is 0.897 bits per heavy atom. The molecule has 0 bridgehead atoms. The molecule has 158 valence electrons. The summed E-state index contributed by atoms with van der Waals surface area (Å²) in [6.07, 6.45) is 0.206. The van der Waals surface area contributed by atoms with E-state index in [1.807, 2.05) is 0 Å². The highest BCUT2D eigenvalue weighted by Crippen LogP contribution is 2.23. The Morgan fingerprint density at radius 2 is 1.45 bits per heavy atom. The van der Waals surface area contributed by atoms with Crippen LogP contribution in [0.5, 0.6) is 0 Å². The lowest BCUT2D eigenvalue weighted by atomic mass is 10.1. The van der Waals surface area contributed by atoms with Gasteiger partial charge in [0.15, 0.2) is 0 Å². The van der Waals surface area contributed by atoms with E-state index >= 15 is 0 Å². The molecular weight excluding hydrogens is 450 g/mol. The van der Waals surface area contributed by atoms with Gasteiger partial charge in [0.1, 0.15) is 11.6 Å². The van der Waals surface area contributed by atoms with Crippen molar-refractivity contribution in [2.24, 2.45) is 0 Å². The molecule has 0 heterocycles. The van der Waals surface area contributed by atoms with Crippen molar-refractivity contribution in [1.29, 1.82) is 0 Å². The number of halogens is 3. The highest BCUT2D eigenvalue weighted by atomic mass is 79.9. The number of benzene rings is 2. The van der Waals surface area contributed by atoms with Crippen molar-refractivity contribution in [3.63, 3.8) is 0 Å². The van der Waals surface area contributed by atoms with E-state index in [1.165, 1.54) is 30.3 Å². The molecule has 2 rings (SSSR count). The standard InChI is InChI=1S/C10H11BrFNO2.C10H12FNO2/c1-2-15-10(14)4-6-3-9(13)8(12)5-7(6)11;1-2-14-10(13)6-7-3-4-8(11)9(12)5-7/h3,5H,2,4,13H2,1H3;3-5H,2,6,12H2,1H3. The number of hydrogen-bond acceptors (Lipinski definition) is 6. The van der Waals surface area contributed by atoms with Gasteiger partial charge in [-0.05, 0) is 49.2 Å². The Kier molecular flexibility index (Phi) is 10.1. The highest BCUT2D eigenvalue weighted by molar-refractivity contribution is 9.10. The zero-order valence-electron chi connectivity index (χ0n) is 16.1. The van der Waals surface area contributed by atoms with Gasteiger partial charge in [0.25, 0.3) is 0 Å². The van der Waals surface area contributed by atoms with Crippen molar-refractivity contribution in [3.05, 3.63) is 57.6 Å². The van der Waals surface area contributed by atoms with Gasteiger partial charge < -0.3 is 20.9 Å². The van der Waals surface area contributed by atoms with Gasteiger partial charge in [-0.2, -0.15) is 0 Å². The zero-order chi connectivity index (χ0) is 22.0. The quantitative estimate of drug-likeness (QED) is 0.489. The zero-order valence-corrected chi connectivity index (χ0v) is 17.7. The minimum atomic E-state index is -0.505. The van der Waals surface area contributed by atoms with Crippen molar-refractivity contribution in [3.8, 4) is 0 Å². The molecule has 0 aromatic heterocycles. The summed E-state index contributed by atoms with van der Waals surface area (Å²) in [6, 6.07) is 6.86. The first-order chi connectivity index (χ1) is 13.7. The molecule has 0 aliphatic carbocycles. The number of ether oxygens (including phenoxy) is 2. The normalized spacial score (nSPS) is 9.97. The molecule has 0 aliphatic rings. The molecule has 0 unspecified atom stereocenters. The molecule has 6 nitrogen and oxygen atoms in total. The number of carbonyl (C=O) groups is 2. The maximum absolute atomic E-state index is 13.0. The Hall–Kier alpha value is -2.68. The molecule has 0 fully saturated rings. The van der Waals surface area contributed by atoms with Gasteiger partial charge in [-0.3, -0.25) is 9.59 Å². The van der Waals surface area contributed by atoms with E-state index in [9.17, 15) is 18.4 Å². The van der Waals surface area contributed by atoms with E-state index in [2.05, 4.69) is 15.9 Å². The van der Waals surface area contributed by atoms with E-state index in [0.717, 1.165) is 0 Å². The Balaban J connectivity index is 0.000000291. The van der Waals surface area contributed by atoms with Crippen molar-refractivity contribution in [1.82, 2.24) is 0 Å². The lowest BCUT2D eigenvalue weighted by molar-refractivity contribution is -0.143. The summed E-state index contributed by atoms with van der Waals surface area (Å²) < 4.78 is 35.8. The topological polar surface area (TPSA) is 105 Å². The molecule has 0 saturated carbocycles. The molecule has 29 heavy (non-hydrogen) atoms. The molecule has 4 N–H and O–H groups in total. The molecule has 0 radical (unpaired) electrons. The summed E-state index contributed by atoms with van der Waals surface area (Å²) in [7, 11) is 0. The van der Waals surface area contributed by atoms with Crippen LogP contribution in [0, 0.1) is 11.6 Å². The fourth-order valence-electron chi connectivity index (χ4n) is 2.20. The predicted molar refractivity (Wildman–Crippen MR) is 110 cm³/mol. The lowest BCUT2D eigenvalue weighted by Crippen LogP contribution is -2.08. The average Bonchev–Trinajstić information content (AvgIpc) is 2.64. The third-order valence-electron chi connectivity index (χ3n) is 3.52. The Morgan fingerprint density at radius 3 is 2.00 bits per heavy atom. The third-order valence-corrected chi connectivity index (χ3v) is 4.26. The largest absolute Gasteiger partial charge is 0.466 e. The minimum Gasteiger partial charge on any atom is -0.466 e. The van der Waals surface area contributed by atoms with Gasteiger partial charge in [0.05, 0.1) is 37.4 Å². The lowest BCUT2D eigenvalue weighted by Gasteiger charge is -2.06. The fourth-order valence-corrected chi connectivity index (χ4v) is 2.65. The van der Waals surface area contributed by atoms with E-state index in [4.69, 9.17) is 20.9 Å². The van der Waals surface area contributed by atoms with Crippen LogP contribution in [0.3, 0.4) is 0 Å². The molecule has 0 saturated heterocycles. The summed E-state index contributed by atoms with van der Waals surface area (Å²) >= 11 is 3.16. The molecule has 9 heteroatoms. The number of esters is 2. The van der Waals surface area contributed by atoms with Gasteiger partial charge in [-0.25, -0.2) is 8.78 Å². The first-order valence-corrected chi connectivity index (χ1v) is 9.55. The van der Waals surface area contributed by atoms with Crippen molar-refractivity contribution in [2.45, 2.75) is 26.7 Å². The number of nitrogens with two attached hydrogens (primary N) is 2. The van der Waals surface area contributed by atoms with Gasteiger partial charge >= 0.3 is 11.9 Å². The molecule has 0 spiro atoms. The highest BCUT2D eigenvalue weighted by Gasteiger charge is 2.10. The molecule has 2 aromatic carbocycles. The first-order valence-electron chi connectivity index (χ1n) is 8.76. The van der Waals surface area contributed by atoms with Crippen LogP contribution in [-0.4, -0.2) is 25.2 Å². The van der Waals surface area contributed by atoms with Crippen molar-refractivity contribution >= 4 is 39.2 Å². The summed E-state index contributed by atoms with van der Waals surface area (Å²) in [4.78, 5) is 22.2. The Labute approximate surface area is 176 Å². The van der Waals surface area contributed by atoms with Crippen LogP contribution in [0.4, 0.5) is 20.2 Å². The van der Waals surface area contributed by atoms with E-state index < -0.39 is 11.6 Å². The SMILES string of the molecule is CCOC(=O)Cc1cc(N)c(F)cc1Br.CCOC(=O)Cc1ccc(F)c(N)c1. The predicted octanol–water partition coefficient (Wildman–Crippen LogP) is 3.79. The van der Waals surface area contributed by atoms with Gasteiger partial charge in [0, 0.05) is 4.47 Å². The second-order valence-electron chi connectivity index (χ2n) is 5.78. The molecule has 0 aliphatic heterocycles. The third kappa shape index (κ3) is 8.47. The summed E-state index contributed by atoms with van der Waals surface area (Å²) in [6.45, 7) is 4.13. The maximum Gasteiger partial charge on any atom is 0.310 e. The maximum atomic E-state index is 13.0. The molecule has 0 atom stereocenters. The van der Waals surface area contributed by atoms with Gasteiger partial charge in [0.2, 0.25) is 0 Å². The number of rotatable bonds is 6. The second-order valence-corrected chi connectivity index (χ2v) is 6.64.